The van der Waals surface area contributed by atoms with Gasteiger partial charge in [0.2, 0.25) is 0 Å². The molecule has 0 N–H and O–H groups in total. The molecular weight excluding hydrogens is 212 g/mol. The second-order valence-corrected chi connectivity index (χ2v) is 3.59. The molecule has 0 aliphatic carbocycles. The molecule has 0 amide bonds. The summed E-state index contributed by atoms with van der Waals surface area (Å²) in [7, 11) is 0. The summed E-state index contributed by atoms with van der Waals surface area (Å²) < 4.78 is 4.99. The third-order valence-electron chi connectivity index (χ3n) is 2.13. The number of hydrogen-bond acceptors (Lipinski definition) is 2. The van der Waals surface area contributed by atoms with Crippen LogP contribution in [0.25, 0.3) is 6.08 Å². The molecule has 0 atom stereocenters. The van der Waals surface area contributed by atoms with Crippen LogP contribution in [0.4, 0.5) is 0 Å². The molecule has 17 heavy (non-hydrogen) atoms. The fourth-order valence-electron chi connectivity index (χ4n) is 1.40. The van der Waals surface area contributed by atoms with Crippen LogP contribution in [0.1, 0.15) is 18.9 Å². The van der Waals surface area contributed by atoms with Crippen LogP contribution < -0.4 is 0 Å². The molecule has 2 heteroatoms. The van der Waals surface area contributed by atoms with Gasteiger partial charge in [0.25, 0.3) is 0 Å². The zero-order chi connectivity index (χ0) is 12.7. The molecule has 88 valence electrons. The van der Waals surface area contributed by atoms with Crippen molar-refractivity contribution in [3.63, 3.8) is 0 Å². The van der Waals surface area contributed by atoms with Gasteiger partial charge in [-0.25, -0.2) is 0 Å². The van der Waals surface area contributed by atoms with Gasteiger partial charge in [-0.3, -0.25) is 4.79 Å². The Morgan fingerprint density at radius 2 is 2.00 bits per heavy atom. The summed E-state index contributed by atoms with van der Waals surface area (Å²) in [6.07, 6.45) is 4.30. The van der Waals surface area contributed by atoms with Crippen LogP contribution in [0.15, 0.2) is 60.9 Å². The van der Waals surface area contributed by atoms with Crippen molar-refractivity contribution < 1.29 is 9.53 Å². The highest BCUT2D eigenvalue weighted by Gasteiger charge is 2.05. The number of allylic oxidation sites excluding steroid dienone is 2. The van der Waals surface area contributed by atoms with E-state index in [9.17, 15) is 4.79 Å². The number of carbonyl (C=O) groups excluding carboxylic acids is 1. The zero-order valence-electron chi connectivity index (χ0n) is 9.98. The molecule has 0 saturated carbocycles. The number of benzene rings is 1. The van der Waals surface area contributed by atoms with E-state index in [2.05, 4.69) is 13.2 Å². The number of rotatable bonds is 5. The second kappa shape index (κ2) is 6.48. The number of carbonyl (C=O) groups is 1. The van der Waals surface area contributed by atoms with E-state index in [1.807, 2.05) is 36.4 Å². The summed E-state index contributed by atoms with van der Waals surface area (Å²) in [5, 5.41) is 0. The summed E-state index contributed by atoms with van der Waals surface area (Å²) in [6.45, 7) is 8.79. The van der Waals surface area contributed by atoms with Crippen molar-refractivity contribution >= 4 is 12.0 Å². The SMILES string of the molecule is C=CC/C(=C\c1ccccc1)C(=C)OC(C)=O. The highest BCUT2D eigenvalue weighted by atomic mass is 16.5. The fourth-order valence-corrected chi connectivity index (χ4v) is 1.40. The molecule has 0 aromatic heterocycles. The van der Waals surface area contributed by atoms with E-state index in [0.29, 0.717) is 12.2 Å². The maximum absolute atomic E-state index is 10.9. The van der Waals surface area contributed by atoms with Gasteiger partial charge in [-0.05, 0) is 23.6 Å². The van der Waals surface area contributed by atoms with Crippen molar-refractivity contribution in [1.82, 2.24) is 0 Å². The zero-order valence-corrected chi connectivity index (χ0v) is 9.98. The highest BCUT2D eigenvalue weighted by Crippen LogP contribution is 2.18. The monoisotopic (exact) mass is 228 g/mol. The third kappa shape index (κ3) is 4.51. The van der Waals surface area contributed by atoms with Gasteiger partial charge in [0, 0.05) is 6.92 Å². The fraction of sp³-hybridized carbons (Fsp3) is 0.133. The van der Waals surface area contributed by atoms with E-state index >= 15 is 0 Å². The van der Waals surface area contributed by atoms with Gasteiger partial charge >= 0.3 is 5.97 Å². The third-order valence-corrected chi connectivity index (χ3v) is 2.13. The van der Waals surface area contributed by atoms with Gasteiger partial charge < -0.3 is 4.74 Å². The minimum Gasteiger partial charge on any atom is -0.427 e. The summed E-state index contributed by atoms with van der Waals surface area (Å²) in [6, 6.07) is 9.80. The average Bonchev–Trinajstić information content (AvgIpc) is 2.29. The molecule has 0 radical (unpaired) electrons. The molecule has 0 saturated heterocycles. The van der Waals surface area contributed by atoms with Crippen molar-refractivity contribution in [3.05, 3.63) is 66.5 Å². The minimum atomic E-state index is -0.363. The van der Waals surface area contributed by atoms with Crippen molar-refractivity contribution in [3.8, 4) is 0 Å². The van der Waals surface area contributed by atoms with Crippen LogP contribution in [0, 0.1) is 0 Å². The molecule has 0 aliphatic rings. The summed E-state index contributed by atoms with van der Waals surface area (Å²) in [4.78, 5) is 10.9. The Kier molecular flexibility index (Phi) is 4.95. The van der Waals surface area contributed by atoms with Crippen molar-refractivity contribution in [2.75, 3.05) is 0 Å². The Morgan fingerprint density at radius 3 is 2.53 bits per heavy atom. The van der Waals surface area contributed by atoms with Crippen molar-refractivity contribution in [2.24, 2.45) is 0 Å². The standard InChI is InChI=1S/C15H16O2/c1-4-8-15(12(2)17-13(3)16)11-14-9-6-5-7-10-14/h4-7,9-11H,1-2,8H2,3H3/b15-11+. The molecule has 1 aromatic rings. The summed E-state index contributed by atoms with van der Waals surface area (Å²) in [5.74, 6) is 0.0132. The van der Waals surface area contributed by atoms with Gasteiger partial charge in [0.15, 0.2) is 0 Å². The predicted octanol–water partition coefficient (Wildman–Crippen LogP) is 3.72. The highest BCUT2D eigenvalue weighted by molar-refractivity contribution is 5.69. The van der Waals surface area contributed by atoms with E-state index in [4.69, 9.17) is 4.74 Å². The normalized spacial score (nSPS) is 10.8. The van der Waals surface area contributed by atoms with E-state index in [-0.39, 0.29) is 5.97 Å². The lowest BCUT2D eigenvalue weighted by molar-refractivity contribution is -0.136. The lowest BCUT2D eigenvalue weighted by atomic mass is 10.1. The van der Waals surface area contributed by atoms with Gasteiger partial charge in [0.05, 0.1) is 0 Å². The quantitative estimate of drug-likeness (QED) is 0.332. The largest absolute Gasteiger partial charge is 0.427 e. The minimum absolute atomic E-state index is 0.363. The van der Waals surface area contributed by atoms with Gasteiger partial charge in [-0.15, -0.1) is 6.58 Å². The van der Waals surface area contributed by atoms with Gasteiger partial charge in [-0.1, -0.05) is 43.0 Å². The molecule has 2 nitrogen and oxygen atoms in total. The van der Waals surface area contributed by atoms with E-state index < -0.39 is 0 Å². The predicted molar refractivity (Wildman–Crippen MR) is 70.1 cm³/mol. The first kappa shape index (κ1) is 13.0. The Labute approximate surface area is 102 Å². The molecule has 0 fully saturated rings. The second-order valence-electron chi connectivity index (χ2n) is 3.59. The first-order chi connectivity index (χ1) is 8.13. The molecule has 0 bridgehead atoms. The lowest BCUT2D eigenvalue weighted by Gasteiger charge is -2.08. The smallest absolute Gasteiger partial charge is 0.308 e. The maximum atomic E-state index is 10.9. The van der Waals surface area contributed by atoms with Crippen LogP contribution >= 0.6 is 0 Å². The first-order valence-electron chi connectivity index (χ1n) is 5.37. The lowest BCUT2D eigenvalue weighted by Crippen LogP contribution is -2.00. The van der Waals surface area contributed by atoms with Crippen LogP contribution in [0.5, 0.6) is 0 Å². The van der Waals surface area contributed by atoms with E-state index in [0.717, 1.165) is 11.1 Å². The first-order valence-corrected chi connectivity index (χ1v) is 5.37. The van der Waals surface area contributed by atoms with E-state index in [1.165, 1.54) is 6.92 Å². The number of ether oxygens (including phenoxy) is 1. The molecule has 0 unspecified atom stereocenters. The molecule has 0 heterocycles. The summed E-state index contributed by atoms with van der Waals surface area (Å²) >= 11 is 0. The molecule has 0 aliphatic heterocycles. The Hall–Kier alpha value is -2.09. The van der Waals surface area contributed by atoms with Crippen LogP contribution in [-0.2, 0) is 9.53 Å². The number of esters is 1. The Bertz CT molecular complexity index is 441. The van der Waals surface area contributed by atoms with Crippen molar-refractivity contribution in [1.29, 1.82) is 0 Å². The van der Waals surface area contributed by atoms with Crippen molar-refractivity contribution in [2.45, 2.75) is 13.3 Å². The van der Waals surface area contributed by atoms with Gasteiger partial charge in [0.1, 0.15) is 5.76 Å². The van der Waals surface area contributed by atoms with E-state index in [1.54, 1.807) is 6.08 Å². The van der Waals surface area contributed by atoms with Crippen LogP contribution in [0.3, 0.4) is 0 Å². The molecule has 1 aromatic carbocycles. The molecule has 1 rings (SSSR count). The average molecular weight is 228 g/mol. The maximum Gasteiger partial charge on any atom is 0.308 e. The molecule has 0 spiro atoms. The summed E-state index contributed by atoms with van der Waals surface area (Å²) in [5.41, 5.74) is 1.89. The Balaban J connectivity index is 2.92. The Morgan fingerprint density at radius 1 is 1.35 bits per heavy atom. The van der Waals surface area contributed by atoms with Crippen LogP contribution in [0.2, 0.25) is 0 Å². The number of hydrogen-bond donors (Lipinski definition) is 0. The van der Waals surface area contributed by atoms with Crippen LogP contribution in [-0.4, -0.2) is 5.97 Å². The van der Waals surface area contributed by atoms with Gasteiger partial charge in [-0.2, -0.15) is 0 Å². The molecular formula is C15H16O2. The topological polar surface area (TPSA) is 26.3 Å².